The summed E-state index contributed by atoms with van der Waals surface area (Å²) in [6.45, 7) is 3.94. The Kier molecular flexibility index (Phi) is 13.8. The third-order valence-electron chi connectivity index (χ3n) is 10.6. The van der Waals surface area contributed by atoms with E-state index in [0.717, 1.165) is 15.9 Å². The molecule has 0 atom stereocenters. The highest BCUT2D eigenvalue weighted by molar-refractivity contribution is 9.10. The molecule has 0 unspecified atom stereocenters. The molecule has 1 aliphatic rings. The normalized spacial score (nSPS) is 13.3. The number of tetrazole rings is 1. The molecule has 21 heteroatoms. The monoisotopic (exact) mass is 1000 g/mol. The number of amides is 1. The van der Waals surface area contributed by atoms with E-state index in [1.807, 2.05) is 0 Å². The van der Waals surface area contributed by atoms with Crippen LogP contribution in [0, 0.1) is 10.1 Å². The molecule has 0 radical (unpaired) electrons. The van der Waals surface area contributed by atoms with E-state index >= 15 is 16.8 Å². The number of methoxy groups -OCH3 is 3. The Morgan fingerprint density at radius 2 is 1.32 bits per heavy atom. The minimum atomic E-state index is -5.05. The second-order valence-electron chi connectivity index (χ2n) is 16.2. The first-order valence-electron chi connectivity index (χ1n) is 20.3. The van der Waals surface area contributed by atoms with E-state index in [1.54, 1.807) is 93.6 Å². The van der Waals surface area contributed by atoms with E-state index in [0.29, 0.717) is 28.4 Å². The molecule has 0 aliphatic carbocycles. The summed E-state index contributed by atoms with van der Waals surface area (Å²) in [5, 5.41) is 24.7. The SMILES string of the molecule is COc1ccc(CN(Cc2ccc(OC)cc2)S(=O)(=O)c2c(S(=O)(=O)C3CN(C(=O)OC(C)(C)C)C3)ccc(-c3cccc(Br)c3[N+](=O)[O-])c2-c2nnn(Cc3ccc(OC)cc3)n2)cc1. The lowest BCUT2D eigenvalue weighted by Gasteiger charge is -2.39. The molecule has 0 saturated carbocycles. The average Bonchev–Trinajstić information content (AvgIpc) is 3.73. The summed E-state index contributed by atoms with van der Waals surface area (Å²) in [5.74, 6) is 1.31. The average molecular weight is 1000 g/mol. The van der Waals surface area contributed by atoms with Crippen molar-refractivity contribution in [3.8, 4) is 39.8 Å². The number of carbonyl (C=O) groups excluding carboxylic acids is 1. The first-order valence-corrected chi connectivity index (χ1v) is 24.1. The molecule has 5 aromatic carbocycles. The molecule has 1 fully saturated rings. The van der Waals surface area contributed by atoms with Gasteiger partial charge in [0.1, 0.15) is 33.0 Å². The van der Waals surface area contributed by atoms with Crippen molar-refractivity contribution < 1.29 is 45.5 Å². The lowest BCUT2D eigenvalue weighted by atomic mass is 9.97. The zero-order valence-corrected chi connectivity index (χ0v) is 40.0. The van der Waals surface area contributed by atoms with Crippen molar-refractivity contribution in [2.45, 2.75) is 61.0 Å². The molecule has 0 N–H and O–H groups in total. The molecule has 0 spiro atoms. The highest BCUT2D eigenvalue weighted by Gasteiger charge is 2.46. The predicted molar refractivity (Wildman–Crippen MR) is 246 cm³/mol. The molecule has 1 saturated heterocycles. The van der Waals surface area contributed by atoms with Crippen LogP contribution in [0.3, 0.4) is 0 Å². The lowest BCUT2D eigenvalue weighted by molar-refractivity contribution is -0.385. The predicted octanol–water partition coefficient (Wildman–Crippen LogP) is 7.54. The number of nitrogens with zero attached hydrogens (tertiary/aromatic N) is 7. The molecule has 1 amide bonds. The highest BCUT2D eigenvalue weighted by Crippen LogP contribution is 2.46. The van der Waals surface area contributed by atoms with Crippen LogP contribution >= 0.6 is 15.9 Å². The van der Waals surface area contributed by atoms with Crippen LogP contribution in [0.5, 0.6) is 17.2 Å². The van der Waals surface area contributed by atoms with Crippen LogP contribution in [0.4, 0.5) is 10.5 Å². The molecule has 1 aliphatic heterocycles. The second kappa shape index (κ2) is 19.2. The molecule has 18 nitrogen and oxygen atoms in total. The smallest absolute Gasteiger partial charge is 0.410 e. The number of sulfone groups is 1. The first kappa shape index (κ1) is 47.5. The van der Waals surface area contributed by atoms with E-state index in [4.69, 9.17) is 18.9 Å². The van der Waals surface area contributed by atoms with Gasteiger partial charge in [0.2, 0.25) is 15.8 Å². The van der Waals surface area contributed by atoms with Gasteiger partial charge in [0.05, 0.1) is 53.3 Å². The minimum absolute atomic E-state index is 0.0487. The maximum Gasteiger partial charge on any atom is 0.410 e. The molecule has 1 aromatic heterocycles. The summed E-state index contributed by atoms with van der Waals surface area (Å²) in [7, 11) is -5.18. The van der Waals surface area contributed by atoms with E-state index in [9.17, 15) is 14.9 Å². The van der Waals surface area contributed by atoms with Crippen LogP contribution in [-0.4, -0.2) is 103 Å². The Bertz CT molecular complexity index is 2930. The zero-order chi connectivity index (χ0) is 47.6. The van der Waals surface area contributed by atoms with Gasteiger partial charge in [-0.2, -0.15) is 9.10 Å². The van der Waals surface area contributed by atoms with E-state index in [-0.39, 0.29) is 59.7 Å². The van der Waals surface area contributed by atoms with Crippen LogP contribution in [0.25, 0.3) is 22.5 Å². The maximum absolute atomic E-state index is 16.0. The Balaban J connectivity index is 1.49. The Morgan fingerprint density at radius 3 is 1.82 bits per heavy atom. The van der Waals surface area contributed by atoms with E-state index in [2.05, 4.69) is 31.3 Å². The molecular formula is C45H46BrN7O11S2. The highest BCUT2D eigenvalue weighted by atomic mass is 79.9. The van der Waals surface area contributed by atoms with Crippen LogP contribution in [0.1, 0.15) is 37.5 Å². The Morgan fingerprint density at radius 1 is 0.788 bits per heavy atom. The second-order valence-corrected chi connectivity index (χ2v) is 21.1. The van der Waals surface area contributed by atoms with Gasteiger partial charge in [-0.25, -0.2) is 21.6 Å². The van der Waals surface area contributed by atoms with Crippen molar-refractivity contribution in [2.24, 2.45) is 0 Å². The van der Waals surface area contributed by atoms with Crippen LogP contribution in [-0.2, 0) is 44.2 Å². The quantitative estimate of drug-likeness (QED) is 0.0677. The van der Waals surface area contributed by atoms with Crippen molar-refractivity contribution in [1.82, 2.24) is 29.4 Å². The number of nitro groups is 1. The number of aromatic nitrogens is 4. The van der Waals surface area contributed by atoms with Gasteiger partial charge in [0, 0.05) is 31.7 Å². The number of rotatable bonds is 16. The van der Waals surface area contributed by atoms with Crippen molar-refractivity contribution >= 4 is 47.6 Å². The number of ether oxygens (including phenoxy) is 4. The number of benzene rings is 5. The number of carbonyl (C=O) groups is 1. The van der Waals surface area contributed by atoms with E-state index < -0.39 is 57.2 Å². The zero-order valence-electron chi connectivity index (χ0n) is 36.7. The fourth-order valence-electron chi connectivity index (χ4n) is 7.23. The van der Waals surface area contributed by atoms with Gasteiger partial charge in [-0.05, 0) is 113 Å². The Labute approximate surface area is 390 Å². The third kappa shape index (κ3) is 10.2. The maximum atomic E-state index is 16.0. The summed E-state index contributed by atoms with van der Waals surface area (Å²) in [6, 6.07) is 27.3. The van der Waals surface area contributed by atoms with Gasteiger partial charge in [-0.15, -0.1) is 10.2 Å². The lowest BCUT2D eigenvalue weighted by Crippen LogP contribution is -2.57. The van der Waals surface area contributed by atoms with Crippen molar-refractivity contribution in [1.29, 1.82) is 0 Å². The van der Waals surface area contributed by atoms with Crippen molar-refractivity contribution in [3.63, 3.8) is 0 Å². The molecule has 6 aromatic rings. The van der Waals surface area contributed by atoms with Crippen molar-refractivity contribution in [2.75, 3.05) is 34.4 Å². The molecule has 346 valence electrons. The van der Waals surface area contributed by atoms with Gasteiger partial charge in [-0.1, -0.05) is 48.5 Å². The summed E-state index contributed by atoms with van der Waals surface area (Å²) >= 11 is 3.29. The topological polar surface area (TPSA) is 215 Å². The number of halogens is 1. The Hall–Kier alpha value is -6.42. The van der Waals surface area contributed by atoms with Crippen LogP contribution in [0.2, 0.25) is 0 Å². The largest absolute Gasteiger partial charge is 0.497 e. The first-order chi connectivity index (χ1) is 31.3. The fraction of sp³-hybridized carbons (Fsp3) is 0.289. The molecule has 66 heavy (non-hydrogen) atoms. The number of hydrogen-bond acceptors (Lipinski definition) is 14. The number of para-hydroxylation sites is 1. The third-order valence-corrected chi connectivity index (χ3v) is 15.4. The molecular weight excluding hydrogens is 959 g/mol. The van der Waals surface area contributed by atoms with Gasteiger partial charge < -0.3 is 23.8 Å². The minimum Gasteiger partial charge on any atom is -0.497 e. The number of hydrogen-bond donors (Lipinski definition) is 0. The summed E-state index contributed by atoms with van der Waals surface area (Å²) in [6.07, 6.45) is -0.734. The van der Waals surface area contributed by atoms with Gasteiger partial charge >= 0.3 is 6.09 Å². The van der Waals surface area contributed by atoms with Gasteiger partial charge in [0.15, 0.2) is 9.84 Å². The number of likely N-dealkylation sites (tertiary alicyclic amines) is 1. The van der Waals surface area contributed by atoms with E-state index in [1.165, 1.54) is 55.3 Å². The van der Waals surface area contributed by atoms with Gasteiger partial charge in [-0.3, -0.25) is 10.1 Å². The molecule has 7 rings (SSSR count). The number of sulfonamides is 1. The van der Waals surface area contributed by atoms with Crippen LogP contribution in [0.15, 0.2) is 117 Å². The fourth-order valence-corrected chi connectivity index (χ4v) is 11.8. The number of nitro benzene ring substituents is 1. The molecule has 2 heterocycles. The summed E-state index contributed by atoms with van der Waals surface area (Å²) in [5.41, 5.74) is -0.00958. The van der Waals surface area contributed by atoms with Crippen LogP contribution < -0.4 is 14.2 Å². The summed E-state index contributed by atoms with van der Waals surface area (Å²) in [4.78, 5) is 26.2. The standard InChI is InChI=1S/C45H46BrN7O11S2/c1-45(2,3)64-44(54)50-27-35(28-50)65(57,58)39-23-22-36(37-8-7-9-38(46)41(37)53(55)56)40(43-47-49-52(48-43)26-31-14-20-34(63-6)21-15-31)42(39)66(59,60)51(24-29-10-16-32(61-4)17-11-29)25-30-12-18-33(62-5)19-13-30/h7-23,35H,24-28H2,1-6H3. The van der Waals surface area contributed by atoms with Crippen molar-refractivity contribution in [3.05, 3.63) is 134 Å². The summed E-state index contributed by atoms with van der Waals surface area (Å²) < 4.78 is 84.9. The molecule has 0 bridgehead atoms. The van der Waals surface area contributed by atoms with Gasteiger partial charge in [0.25, 0.3) is 5.69 Å².